The van der Waals surface area contributed by atoms with E-state index in [1.807, 2.05) is 6.92 Å². The standard InChI is InChI=1S/C22H31BrN2O3/c1-14(2)28-21(27)20(26)17-15(3)24-16(4)18(23)19(17)25-12-11-22(13-25)9-7-5-6-8-10-22/h14H,5-13H2,1-4H3. The quantitative estimate of drug-likeness (QED) is 0.360. The molecule has 1 saturated carbocycles. The van der Waals surface area contributed by atoms with Crippen molar-refractivity contribution >= 4 is 33.4 Å². The highest BCUT2D eigenvalue weighted by Crippen LogP contribution is 2.46. The number of hydrogen-bond acceptors (Lipinski definition) is 5. The molecule has 5 nitrogen and oxygen atoms in total. The Balaban J connectivity index is 1.98. The third-order valence-electron chi connectivity index (χ3n) is 6.13. The first-order valence-corrected chi connectivity index (χ1v) is 11.2. The fourth-order valence-electron chi connectivity index (χ4n) is 4.76. The number of hydrogen-bond donors (Lipinski definition) is 0. The van der Waals surface area contributed by atoms with Gasteiger partial charge in [0.05, 0.1) is 33.2 Å². The van der Waals surface area contributed by atoms with Crippen LogP contribution in [0.2, 0.25) is 0 Å². The van der Waals surface area contributed by atoms with Crippen LogP contribution in [0, 0.1) is 19.3 Å². The number of halogens is 1. The summed E-state index contributed by atoms with van der Waals surface area (Å²) in [5, 5.41) is 0. The summed E-state index contributed by atoms with van der Waals surface area (Å²) >= 11 is 3.66. The molecule has 0 atom stereocenters. The molecule has 28 heavy (non-hydrogen) atoms. The van der Waals surface area contributed by atoms with Gasteiger partial charge in [-0.2, -0.15) is 0 Å². The van der Waals surface area contributed by atoms with Gasteiger partial charge >= 0.3 is 5.97 Å². The Morgan fingerprint density at radius 1 is 1.07 bits per heavy atom. The normalized spacial score (nSPS) is 19.1. The van der Waals surface area contributed by atoms with E-state index in [0.717, 1.165) is 35.4 Å². The van der Waals surface area contributed by atoms with Crippen molar-refractivity contribution in [2.75, 3.05) is 18.0 Å². The van der Waals surface area contributed by atoms with Gasteiger partial charge in [-0.25, -0.2) is 4.79 Å². The highest BCUT2D eigenvalue weighted by Gasteiger charge is 2.40. The molecule has 2 fully saturated rings. The first-order valence-electron chi connectivity index (χ1n) is 10.4. The van der Waals surface area contributed by atoms with Crippen molar-refractivity contribution in [3.8, 4) is 0 Å². The second-order valence-corrected chi connectivity index (χ2v) is 9.48. The zero-order valence-corrected chi connectivity index (χ0v) is 19.0. The van der Waals surface area contributed by atoms with E-state index in [1.165, 1.54) is 38.5 Å². The number of esters is 1. The third-order valence-corrected chi connectivity index (χ3v) is 7.08. The Morgan fingerprint density at radius 3 is 2.32 bits per heavy atom. The summed E-state index contributed by atoms with van der Waals surface area (Å²) in [7, 11) is 0. The number of carbonyl (C=O) groups is 2. The van der Waals surface area contributed by atoms with Crippen LogP contribution in [0.3, 0.4) is 0 Å². The van der Waals surface area contributed by atoms with Crippen molar-refractivity contribution in [3.05, 3.63) is 21.4 Å². The average Bonchev–Trinajstić information content (AvgIpc) is 2.88. The molecular weight excluding hydrogens is 420 g/mol. The smallest absolute Gasteiger partial charge is 0.380 e. The lowest BCUT2D eigenvalue weighted by atomic mass is 9.80. The highest BCUT2D eigenvalue weighted by molar-refractivity contribution is 9.10. The third kappa shape index (κ3) is 4.27. The maximum Gasteiger partial charge on any atom is 0.380 e. The Labute approximate surface area is 176 Å². The van der Waals surface area contributed by atoms with Gasteiger partial charge in [-0.3, -0.25) is 9.78 Å². The molecule has 1 aromatic rings. The van der Waals surface area contributed by atoms with E-state index in [-0.39, 0.29) is 6.10 Å². The van der Waals surface area contributed by atoms with Gasteiger partial charge in [0, 0.05) is 13.1 Å². The molecule has 0 N–H and O–H groups in total. The van der Waals surface area contributed by atoms with E-state index >= 15 is 0 Å². The number of rotatable bonds is 4. The number of pyridine rings is 1. The molecule has 2 heterocycles. The van der Waals surface area contributed by atoms with Crippen LogP contribution in [0.25, 0.3) is 0 Å². The minimum atomic E-state index is -0.805. The van der Waals surface area contributed by atoms with E-state index in [1.54, 1.807) is 20.8 Å². The van der Waals surface area contributed by atoms with Crippen LogP contribution in [0.4, 0.5) is 5.69 Å². The topological polar surface area (TPSA) is 59.5 Å². The van der Waals surface area contributed by atoms with Crippen molar-refractivity contribution < 1.29 is 14.3 Å². The van der Waals surface area contributed by atoms with Crippen LogP contribution >= 0.6 is 15.9 Å². The maximum atomic E-state index is 13.0. The average molecular weight is 451 g/mol. The molecule has 0 amide bonds. The number of Topliss-reactive ketones (excluding diaryl/α,β-unsaturated/α-hetero) is 1. The van der Waals surface area contributed by atoms with Crippen molar-refractivity contribution in [2.45, 2.75) is 78.7 Å². The summed E-state index contributed by atoms with van der Waals surface area (Å²) < 4.78 is 6.00. The maximum absolute atomic E-state index is 13.0. The van der Waals surface area contributed by atoms with E-state index in [4.69, 9.17) is 4.74 Å². The lowest BCUT2D eigenvalue weighted by Gasteiger charge is -2.30. The molecule has 0 radical (unpaired) electrons. The second kappa shape index (κ2) is 8.52. The molecule has 0 aromatic carbocycles. The monoisotopic (exact) mass is 450 g/mol. The summed E-state index contributed by atoms with van der Waals surface area (Å²) in [5.41, 5.74) is 2.96. The molecule has 154 valence electrons. The minimum Gasteiger partial charge on any atom is -0.457 e. The lowest BCUT2D eigenvalue weighted by Crippen LogP contribution is -2.30. The number of nitrogens with zero attached hydrogens (tertiary/aromatic N) is 2. The molecule has 1 aliphatic carbocycles. The molecule has 0 unspecified atom stereocenters. The molecule has 0 bridgehead atoms. The molecule has 1 aliphatic heterocycles. The summed E-state index contributed by atoms with van der Waals surface area (Å²) in [4.78, 5) is 32.2. The lowest BCUT2D eigenvalue weighted by molar-refractivity contribution is -0.141. The zero-order valence-electron chi connectivity index (χ0n) is 17.4. The van der Waals surface area contributed by atoms with Crippen LogP contribution in [-0.4, -0.2) is 35.9 Å². The van der Waals surface area contributed by atoms with Crippen LogP contribution < -0.4 is 4.90 Å². The number of carbonyl (C=O) groups excluding carboxylic acids is 2. The minimum absolute atomic E-state index is 0.330. The Hall–Kier alpha value is -1.43. The Morgan fingerprint density at radius 2 is 1.71 bits per heavy atom. The van der Waals surface area contributed by atoms with Gasteiger partial charge in [0.15, 0.2) is 0 Å². The van der Waals surface area contributed by atoms with Gasteiger partial charge in [0.25, 0.3) is 5.78 Å². The Kier molecular flexibility index (Phi) is 6.47. The van der Waals surface area contributed by atoms with Gasteiger partial charge in [-0.05, 0) is 68.3 Å². The first kappa shape index (κ1) is 21.3. The molecule has 1 spiro atoms. The first-order chi connectivity index (χ1) is 13.2. The molecule has 6 heteroatoms. The number of ether oxygens (including phenoxy) is 1. The highest BCUT2D eigenvalue weighted by atomic mass is 79.9. The van der Waals surface area contributed by atoms with Crippen molar-refractivity contribution in [1.29, 1.82) is 0 Å². The summed E-state index contributed by atoms with van der Waals surface area (Å²) in [6.45, 7) is 9.07. The van der Waals surface area contributed by atoms with Gasteiger partial charge in [0.2, 0.25) is 0 Å². The number of aromatic nitrogens is 1. The van der Waals surface area contributed by atoms with E-state index in [0.29, 0.717) is 16.7 Å². The van der Waals surface area contributed by atoms with E-state index < -0.39 is 11.8 Å². The van der Waals surface area contributed by atoms with Crippen LogP contribution in [0.5, 0.6) is 0 Å². The summed E-state index contributed by atoms with van der Waals surface area (Å²) in [5.74, 6) is -1.41. The molecule has 2 aliphatic rings. The van der Waals surface area contributed by atoms with Crippen LogP contribution in [0.15, 0.2) is 4.47 Å². The molecular formula is C22H31BrN2O3. The van der Waals surface area contributed by atoms with Crippen molar-refractivity contribution in [2.24, 2.45) is 5.41 Å². The predicted molar refractivity (Wildman–Crippen MR) is 114 cm³/mol. The largest absolute Gasteiger partial charge is 0.457 e. The van der Waals surface area contributed by atoms with Crippen LogP contribution in [0.1, 0.15) is 80.5 Å². The van der Waals surface area contributed by atoms with Crippen molar-refractivity contribution in [1.82, 2.24) is 4.98 Å². The fourth-order valence-corrected chi connectivity index (χ4v) is 5.30. The summed E-state index contributed by atoms with van der Waals surface area (Å²) in [6, 6.07) is 0. The Bertz CT molecular complexity index is 768. The number of anilines is 1. The fraction of sp³-hybridized carbons (Fsp3) is 0.682. The summed E-state index contributed by atoms with van der Waals surface area (Å²) in [6.07, 6.45) is 8.54. The van der Waals surface area contributed by atoms with Gasteiger partial charge in [-0.15, -0.1) is 0 Å². The van der Waals surface area contributed by atoms with Crippen LogP contribution in [-0.2, 0) is 9.53 Å². The second-order valence-electron chi connectivity index (χ2n) is 8.69. The zero-order chi connectivity index (χ0) is 20.5. The number of ketones is 1. The van der Waals surface area contributed by atoms with Crippen molar-refractivity contribution in [3.63, 3.8) is 0 Å². The molecule has 1 saturated heterocycles. The SMILES string of the molecule is Cc1nc(C)c(C(=O)C(=O)OC(C)C)c(N2CCC3(CCCCCC3)C2)c1Br. The van der Waals surface area contributed by atoms with Gasteiger partial charge in [-0.1, -0.05) is 25.7 Å². The van der Waals surface area contributed by atoms with Gasteiger partial charge in [0.1, 0.15) is 0 Å². The molecule has 1 aromatic heterocycles. The molecule has 3 rings (SSSR count). The van der Waals surface area contributed by atoms with Gasteiger partial charge < -0.3 is 9.64 Å². The van der Waals surface area contributed by atoms with E-state index in [9.17, 15) is 9.59 Å². The van der Waals surface area contributed by atoms with E-state index in [2.05, 4.69) is 25.8 Å². The number of aryl methyl sites for hydroxylation is 2. The predicted octanol–water partition coefficient (Wildman–Crippen LogP) is 5.15.